The Labute approximate surface area is 284 Å². The minimum Gasteiger partial charge on any atom is -0.289 e. The van der Waals surface area contributed by atoms with Gasteiger partial charge in [0.05, 0.1) is 0 Å². The number of carbonyl (C=O) groups is 2. The Morgan fingerprint density at radius 1 is 0.455 bits per heavy atom. The molecule has 0 aliphatic rings. The second kappa shape index (κ2) is 20.9. The predicted octanol–water partition coefficient (Wildman–Crippen LogP) is 13.0. The molecule has 0 aliphatic heterocycles. The molecule has 4 heteroatoms. The summed E-state index contributed by atoms with van der Waals surface area (Å²) in [5.41, 5.74) is 4.96. The molecule has 0 unspecified atom stereocenters. The van der Waals surface area contributed by atoms with Gasteiger partial charge < -0.3 is 0 Å². The summed E-state index contributed by atoms with van der Waals surface area (Å²) in [6.45, 7) is 4.52. The van der Waals surface area contributed by atoms with Crippen molar-refractivity contribution in [2.75, 3.05) is 0 Å². The van der Waals surface area contributed by atoms with Crippen LogP contribution in [-0.2, 0) is 12.8 Å². The predicted molar refractivity (Wildman–Crippen MR) is 194 cm³/mol. The second-order valence-corrected chi connectivity index (χ2v) is 14.0. The molecule has 238 valence electrons. The van der Waals surface area contributed by atoms with E-state index in [0.717, 1.165) is 12.8 Å². The number of hydrogen-bond acceptors (Lipinski definition) is 2. The standard InChI is InChI=1S/C40H52Br2O2/c1-3-5-7-9-11-13-15-17-19-31-21-25-33(26-22-31)39(43)35-29-38(42)36(30-37(35)41)40(44)34-27-23-32(24-28-34)20-18-16-14-12-10-8-6-4-2/h21-30H,3-20H2,1-2H3. The highest BCUT2D eigenvalue weighted by Gasteiger charge is 2.19. The summed E-state index contributed by atoms with van der Waals surface area (Å²) in [6.07, 6.45) is 23.1. The smallest absolute Gasteiger partial charge is 0.194 e. The minimum atomic E-state index is -0.0551. The molecule has 0 amide bonds. The first kappa shape index (κ1) is 36.4. The quantitative estimate of drug-likeness (QED) is 0.0764. The average molecular weight is 725 g/mol. The van der Waals surface area contributed by atoms with Gasteiger partial charge in [-0.05, 0) is 48.9 Å². The van der Waals surface area contributed by atoms with E-state index in [2.05, 4.69) is 70.0 Å². The van der Waals surface area contributed by atoms with Crippen molar-refractivity contribution in [3.05, 3.63) is 103 Å². The third kappa shape index (κ3) is 12.4. The average Bonchev–Trinajstić information content (AvgIpc) is 3.04. The molecule has 3 rings (SSSR count). The van der Waals surface area contributed by atoms with E-state index in [1.165, 1.54) is 114 Å². The normalized spacial score (nSPS) is 11.2. The molecule has 0 saturated heterocycles. The van der Waals surface area contributed by atoms with Crippen molar-refractivity contribution >= 4 is 43.4 Å². The lowest BCUT2D eigenvalue weighted by Crippen LogP contribution is -2.07. The highest BCUT2D eigenvalue weighted by atomic mass is 79.9. The maximum atomic E-state index is 13.4. The van der Waals surface area contributed by atoms with Crippen LogP contribution in [0, 0.1) is 0 Å². The van der Waals surface area contributed by atoms with Gasteiger partial charge in [0.15, 0.2) is 11.6 Å². The molecular formula is C40H52Br2O2. The summed E-state index contributed by atoms with van der Waals surface area (Å²) >= 11 is 7.16. The lowest BCUT2D eigenvalue weighted by atomic mass is 9.96. The van der Waals surface area contributed by atoms with Crippen molar-refractivity contribution in [1.82, 2.24) is 0 Å². The monoisotopic (exact) mass is 722 g/mol. The first-order chi connectivity index (χ1) is 21.4. The Hall–Kier alpha value is -2.04. The first-order valence-electron chi connectivity index (χ1n) is 17.2. The van der Waals surface area contributed by atoms with Crippen LogP contribution in [0.25, 0.3) is 0 Å². The zero-order valence-corrected chi connectivity index (χ0v) is 30.2. The van der Waals surface area contributed by atoms with Crippen LogP contribution in [-0.4, -0.2) is 11.6 Å². The van der Waals surface area contributed by atoms with E-state index in [4.69, 9.17) is 0 Å². The van der Waals surface area contributed by atoms with Gasteiger partial charge in [-0.15, -0.1) is 0 Å². The molecule has 0 saturated carbocycles. The van der Waals surface area contributed by atoms with E-state index in [9.17, 15) is 9.59 Å². The Morgan fingerprint density at radius 2 is 0.750 bits per heavy atom. The largest absolute Gasteiger partial charge is 0.289 e. The fourth-order valence-corrected chi connectivity index (χ4v) is 6.82. The van der Waals surface area contributed by atoms with Crippen molar-refractivity contribution in [1.29, 1.82) is 0 Å². The molecule has 0 atom stereocenters. The van der Waals surface area contributed by atoms with E-state index in [-0.39, 0.29) is 11.6 Å². The second-order valence-electron chi connectivity index (χ2n) is 12.3. The number of halogens is 2. The van der Waals surface area contributed by atoms with Crippen LogP contribution in [0.3, 0.4) is 0 Å². The number of benzene rings is 3. The molecule has 2 nitrogen and oxygen atoms in total. The summed E-state index contributed by atoms with van der Waals surface area (Å²) in [5, 5.41) is 0. The van der Waals surface area contributed by atoms with Crippen LogP contribution >= 0.6 is 31.9 Å². The molecule has 0 aliphatic carbocycles. The molecule has 3 aromatic rings. The van der Waals surface area contributed by atoms with Gasteiger partial charge in [-0.25, -0.2) is 0 Å². The molecule has 0 N–H and O–H groups in total. The van der Waals surface area contributed by atoms with Crippen LogP contribution in [0.4, 0.5) is 0 Å². The summed E-state index contributed by atoms with van der Waals surface area (Å²) in [5.74, 6) is -0.110. The van der Waals surface area contributed by atoms with E-state index in [1.807, 2.05) is 24.3 Å². The van der Waals surface area contributed by atoms with Crippen LogP contribution in [0.15, 0.2) is 69.6 Å². The number of hydrogen-bond donors (Lipinski definition) is 0. The van der Waals surface area contributed by atoms with Gasteiger partial charge >= 0.3 is 0 Å². The third-order valence-corrected chi connectivity index (χ3v) is 9.93. The number of ketones is 2. The topological polar surface area (TPSA) is 34.1 Å². The summed E-state index contributed by atoms with van der Waals surface area (Å²) in [4.78, 5) is 26.8. The molecule has 0 fully saturated rings. The zero-order chi connectivity index (χ0) is 31.6. The zero-order valence-electron chi connectivity index (χ0n) is 27.1. The molecule has 0 heterocycles. The Balaban J connectivity index is 1.50. The maximum Gasteiger partial charge on any atom is 0.194 e. The number of carbonyl (C=O) groups excluding carboxylic acids is 2. The van der Waals surface area contributed by atoms with Crippen molar-refractivity contribution in [2.45, 2.75) is 129 Å². The van der Waals surface area contributed by atoms with Gasteiger partial charge in [0.25, 0.3) is 0 Å². The number of aryl methyl sites for hydroxylation is 2. The lowest BCUT2D eigenvalue weighted by molar-refractivity contribution is 0.102. The summed E-state index contributed by atoms with van der Waals surface area (Å²) in [7, 11) is 0. The van der Waals surface area contributed by atoms with Gasteiger partial charge in [0.2, 0.25) is 0 Å². The minimum absolute atomic E-state index is 0.0551. The van der Waals surface area contributed by atoms with Crippen molar-refractivity contribution in [3.8, 4) is 0 Å². The van der Waals surface area contributed by atoms with Crippen LogP contribution in [0.2, 0.25) is 0 Å². The fourth-order valence-electron chi connectivity index (χ4n) is 5.78. The first-order valence-corrected chi connectivity index (χ1v) is 18.8. The van der Waals surface area contributed by atoms with Gasteiger partial charge in [0.1, 0.15) is 0 Å². The lowest BCUT2D eigenvalue weighted by Gasteiger charge is -2.11. The number of rotatable bonds is 22. The molecule has 0 aromatic heterocycles. The summed E-state index contributed by atoms with van der Waals surface area (Å²) < 4.78 is 1.26. The molecular weight excluding hydrogens is 672 g/mol. The summed E-state index contributed by atoms with van der Waals surface area (Å²) in [6, 6.07) is 19.6. The molecule has 3 aromatic carbocycles. The van der Waals surface area contributed by atoms with E-state index >= 15 is 0 Å². The van der Waals surface area contributed by atoms with Gasteiger partial charge in [-0.2, -0.15) is 0 Å². The molecule has 0 bridgehead atoms. The molecule has 44 heavy (non-hydrogen) atoms. The fraction of sp³-hybridized carbons (Fsp3) is 0.500. The van der Waals surface area contributed by atoms with Crippen molar-refractivity contribution in [3.63, 3.8) is 0 Å². The maximum absolute atomic E-state index is 13.4. The van der Waals surface area contributed by atoms with E-state index < -0.39 is 0 Å². The Kier molecular flexibility index (Phi) is 17.3. The van der Waals surface area contributed by atoms with Gasteiger partial charge in [-0.1, -0.05) is 184 Å². The Bertz CT molecular complexity index is 1180. The van der Waals surface area contributed by atoms with Gasteiger partial charge in [0, 0.05) is 31.2 Å². The Morgan fingerprint density at radius 3 is 1.07 bits per heavy atom. The van der Waals surface area contributed by atoms with Crippen molar-refractivity contribution < 1.29 is 9.59 Å². The van der Waals surface area contributed by atoms with Crippen molar-refractivity contribution in [2.24, 2.45) is 0 Å². The van der Waals surface area contributed by atoms with E-state index in [1.54, 1.807) is 12.1 Å². The highest BCUT2D eigenvalue weighted by molar-refractivity contribution is 9.11. The van der Waals surface area contributed by atoms with E-state index in [0.29, 0.717) is 31.2 Å². The molecule has 0 spiro atoms. The highest BCUT2D eigenvalue weighted by Crippen LogP contribution is 2.30. The van der Waals surface area contributed by atoms with Crippen LogP contribution in [0.5, 0.6) is 0 Å². The number of unbranched alkanes of at least 4 members (excludes halogenated alkanes) is 14. The SMILES string of the molecule is CCCCCCCCCCc1ccc(C(=O)c2cc(Br)c(C(=O)c3ccc(CCCCCCCCCC)cc3)cc2Br)cc1. The van der Waals surface area contributed by atoms with Gasteiger partial charge in [-0.3, -0.25) is 9.59 Å². The third-order valence-electron chi connectivity index (χ3n) is 8.62. The van der Waals surface area contributed by atoms with Crippen LogP contribution in [0.1, 0.15) is 160 Å². The van der Waals surface area contributed by atoms with Crippen LogP contribution < -0.4 is 0 Å². The molecule has 0 radical (unpaired) electrons.